The highest BCUT2D eigenvalue weighted by Gasteiger charge is 2.19. The van der Waals surface area contributed by atoms with E-state index in [9.17, 15) is 9.59 Å². The van der Waals surface area contributed by atoms with Gasteiger partial charge >= 0.3 is 6.03 Å². The molecule has 28 heavy (non-hydrogen) atoms. The first-order chi connectivity index (χ1) is 13.3. The maximum absolute atomic E-state index is 12.8. The van der Waals surface area contributed by atoms with Crippen LogP contribution in [0.15, 0.2) is 48.5 Å². The maximum Gasteiger partial charge on any atom is 0.319 e. The summed E-state index contributed by atoms with van der Waals surface area (Å²) in [6, 6.07) is 14.2. The first-order valence-corrected chi connectivity index (χ1v) is 9.42. The second-order valence-corrected chi connectivity index (χ2v) is 7.30. The lowest BCUT2D eigenvalue weighted by Gasteiger charge is -2.23. The van der Waals surface area contributed by atoms with Crippen molar-refractivity contribution in [3.05, 3.63) is 59.7 Å². The SMILES string of the molecule is COc1ccc(C(NC(=O)c2cccc(NC(=O)NC(C)C)c2)C(C)C)cc1. The molecule has 0 bridgehead atoms. The summed E-state index contributed by atoms with van der Waals surface area (Å²) in [5, 5.41) is 8.59. The van der Waals surface area contributed by atoms with Crippen LogP contribution < -0.4 is 20.7 Å². The summed E-state index contributed by atoms with van der Waals surface area (Å²) in [6.45, 7) is 7.89. The summed E-state index contributed by atoms with van der Waals surface area (Å²) in [5.74, 6) is 0.786. The number of urea groups is 1. The van der Waals surface area contributed by atoms with Crippen LogP contribution in [0.2, 0.25) is 0 Å². The van der Waals surface area contributed by atoms with E-state index in [1.165, 1.54) is 0 Å². The largest absolute Gasteiger partial charge is 0.497 e. The summed E-state index contributed by atoms with van der Waals surface area (Å²) >= 11 is 0. The molecule has 1 unspecified atom stereocenters. The van der Waals surface area contributed by atoms with Crippen molar-refractivity contribution in [2.45, 2.75) is 39.8 Å². The van der Waals surface area contributed by atoms with Crippen LogP contribution in [0.3, 0.4) is 0 Å². The molecule has 0 aliphatic rings. The molecule has 2 aromatic rings. The number of nitrogens with one attached hydrogen (secondary N) is 3. The van der Waals surface area contributed by atoms with Crippen molar-refractivity contribution < 1.29 is 14.3 Å². The van der Waals surface area contributed by atoms with Gasteiger partial charge in [-0.2, -0.15) is 0 Å². The Morgan fingerprint density at radius 2 is 1.61 bits per heavy atom. The Kier molecular flexibility index (Phi) is 7.44. The van der Waals surface area contributed by atoms with Crippen LogP contribution in [0.4, 0.5) is 10.5 Å². The third-order valence-electron chi connectivity index (χ3n) is 4.23. The number of hydrogen-bond acceptors (Lipinski definition) is 3. The molecule has 6 nitrogen and oxygen atoms in total. The van der Waals surface area contributed by atoms with Gasteiger partial charge in [-0.15, -0.1) is 0 Å². The fraction of sp³-hybridized carbons (Fsp3) is 0.364. The van der Waals surface area contributed by atoms with E-state index in [1.54, 1.807) is 31.4 Å². The summed E-state index contributed by atoms with van der Waals surface area (Å²) in [6.07, 6.45) is 0. The van der Waals surface area contributed by atoms with Crippen molar-refractivity contribution in [2.75, 3.05) is 12.4 Å². The second-order valence-electron chi connectivity index (χ2n) is 7.30. The van der Waals surface area contributed by atoms with Crippen molar-refractivity contribution >= 4 is 17.6 Å². The summed E-state index contributed by atoms with van der Waals surface area (Å²) in [5.41, 5.74) is 2.06. The van der Waals surface area contributed by atoms with E-state index in [-0.39, 0.29) is 29.9 Å². The van der Waals surface area contributed by atoms with Crippen LogP contribution in [0, 0.1) is 5.92 Å². The van der Waals surface area contributed by atoms with Crippen LogP contribution in [0.1, 0.15) is 49.7 Å². The number of ether oxygens (including phenoxy) is 1. The van der Waals surface area contributed by atoms with Crippen molar-refractivity contribution in [2.24, 2.45) is 5.92 Å². The number of methoxy groups -OCH3 is 1. The summed E-state index contributed by atoms with van der Waals surface area (Å²) in [4.78, 5) is 24.7. The van der Waals surface area contributed by atoms with Gasteiger partial charge in [0.15, 0.2) is 0 Å². The molecule has 6 heteroatoms. The van der Waals surface area contributed by atoms with Gasteiger partial charge in [-0.3, -0.25) is 4.79 Å². The predicted molar refractivity (Wildman–Crippen MR) is 112 cm³/mol. The molecule has 3 amide bonds. The molecule has 0 spiro atoms. The fourth-order valence-corrected chi connectivity index (χ4v) is 2.84. The second kappa shape index (κ2) is 9.78. The van der Waals surface area contributed by atoms with E-state index >= 15 is 0 Å². The number of carbonyl (C=O) groups excluding carboxylic acids is 2. The highest BCUT2D eigenvalue weighted by Crippen LogP contribution is 2.24. The molecule has 0 aromatic heterocycles. The third-order valence-corrected chi connectivity index (χ3v) is 4.23. The van der Waals surface area contributed by atoms with Gasteiger partial charge in [0, 0.05) is 17.3 Å². The van der Waals surface area contributed by atoms with Crippen molar-refractivity contribution in [1.29, 1.82) is 0 Å². The number of amides is 3. The highest BCUT2D eigenvalue weighted by atomic mass is 16.5. The molecule has 0 saturated heterocycles. The molecule has 0 saturated carbocycles. The van der Waals surface area contributed by atoms with E-state index in [1.807, 2.05) is 38.1 Å². The lowest BCUT2D eigenvalue weighted by molar-refractivity contribution is 0.0925. The van der Waals surface area contributed by atoms with Gasteiger partial charge in [-0.05, 0) is 55.7 Å². The van der Waals surface area contributed by atoms with E-state index < -0.39 is 0 Å². The van der Waals surface area contributed by atoms with E-state index in [0.717, 1.165) is 11.3 Å². The average Bonchev–Trinajstić information content (AvgIpc) is 2.65. The average molecular weight is 383 g/mol. The first-order valence-electron chi connectivity index (χ1n) is 9.42. The van der Waals surface area contributed by atoms with Gasteiger partial charge in [0.2, 0.25) is 0 Å². The highest BCUT2D eigenvalue weighted by molar-refractivity contribution is 5.97. The van der Waals surface area contributed by atoms with Gasteiger partial charge in [0.05, 0.1) is 13.2 Å². The lowest BCUT2D eigenvalue weighted by Crippen LogP contribution is -2.34. The Labute approximate surface area is 166 Å². The van der Waals surface area contributed by atoms with Crippen LogP contribution in [0.5, 0.6) is 5.75 Å². The molecule has 0 fully saturated rings. The number of anilines is 1. The number of hydrogen-bond donors (Lipinski definition) is 3. The maximum atomic E-state index is 12.8. The molecule has 2 rings (SSSR count). The Hall–Kier alpha value is -3.02. The van der Waals surface area contributed by atoms with Gasteiger partial charge in [-0.25, -0.2) is 4.79 Å². The molecule has 0 heterocycles. The molecular formula is C22H29N3O3. The topological polar surface area (TPSA) is 79.5 Å². The van der Waals surface area contributed by atoms with E-state index in [0.29, 0.717) is 11.3 Å². The van der Waals surface area contributed by atoms with Gasteiger partial charge in [-0.1, -0.05) is 32.0 Å². The minimum absolute atomic E-state index is 0.0303. The Morgan fingerprint density at radius 3 is 2.18 bits per heavy atom. The van der Waals surface area contributed by atoms with Gasteiger partial charge < -0.3 is 20.7 Å². The Morgan fingerprint density at radius 1 is 0.929 bits per heavy atom. The normalized spacial score (nSPS) is 11.8. The fourth-order valence-electron chi connectivity index (χ4n) is 2.84. The molecular weight excluding hydrogens is 354 g/mol. The Balaban J connectivity index is 2.12. The third kappa shape index (κ3) is 6.01. The van der Waals surface area contributed by atoms with Gasteiger partial charge in [0.25, 0.3) is 5.91 Å². The van der Waals surface area contributed by atoms with Crippen LogP contribution in [-0.2, 0) is 0 Å². The predicted octanol–water partition coefficient (Wildman–Crippen LogP) is 4.35. The zero-order valence-electron chi connectivity index (χ0n) is 17.1. The first kappa shape index (κ1) is 21.3. The molecule has 0 aliphatic heterocycles. The van der Waals surface area contributed by atoms with Crippen molar-refractivity contribution in [1.82, 2.24) is 10.6 Å². The van der Waals surface area contributed by atoms with E-state index in [2.05, 4.69) is 29.8 Å². The zero-order chi connectivity index (χ0) is 20.7. The number of benzene rings is 2. The standard InChI is InChI=1S/C22H29N3O3/c1-14(2)20(16-9-11-19(28-5)12-10-16)25-21(26)17-7-6-8-18(13-17)24-22(27)23-15(3)4/h6-15,20H,1-5H3,(H,25,26)(H2,23,24,27). The van der Waals surface area contributed by atoms with Crippen LogP contribution in [-0.4, -0.2) is 25.1 Å². The molecule has 150 valence electrons. The molecule has 0 aliphatic carbocycles. The molecule has 0 radical (unpaired) electrons. The Bertz CT molecular complexity index is 801. The smallest absolute Gasteiger partial charge is 0.319 e. The number of rotatable bonds is 7. The molecule has 2 aromatic carbocycles. The van der Waals surface area contributed by atoms with Gasteiger partial charge in [0.1, 0.15) is 5.75 Å². The van der Waals surface area contributed by atoms with Crippen LogP contribution >= 0.6 is 0 Å². The van der Waals surface area contributed by atoms with Crippen LogP contribution in [0.25, 0.3) is 0 Å². The van der Waals surface area contributed by atoms with Crippen molar-refractivity contribution in [3.8, 4) is 5.75 Å². The molecule has 1 atom stereocenters. The lowest BCUT2D eigenvalue weighted by atomic mass is 9.95. The quantitative estimate of drug-likeness (QED) is 0.665. The monoisotopic (exact) mass is 383 g/mol. The zero-order valence-corrected chi connectivity index (χ0v) is 17.1. The minimum atomic E-state index is -0.300. The molecule has 3 N–H and O–H groups in total. The van der Waals surface area contributed by atoms with E-state index in [4.69, 9.17) is 4.74 Å². The summed E-state index contributed by atoms with van der Waals surface area (Å²) < 4.78 is 5.20. The number of carbonyl (C=O) groups is 2. The van der Waals surface area contributed by atoms with Crippen molar-refractivity contribution in [3.63, 3.8) is 0 Å². The minimum Gasteiger partial charge on any atom is -0.497 e. The summed E-state index contributed by atoms with van der Waals surface area (Å²) in [7, 11) is 1.62.